The number of fused-ring (bicyclic) bond motifs is 1. The number of anilines is 1. The molecular formula is C23H25N3O2. The Bertz CT molecular complexity index is 1050. The van der Waals surface area contributed by atoms with Gasteiger partial charge in [0.2, 0.25) is 5.91 Å². The standard InChI is InChI=1S/C23H25N3O2/c1-2-3-4-22(27)25-21-10-9-19(14-24-21)18-8-7-17-11-12-26(15-16-5-6-16)23(28)20(17)13-18/h7-14,16H,2-6,15H2,1H3,(H,24,25,27). The number of aromatic nitrogens is 2. The highest BCUT2D eigenvalue weighted by molar-refractivity contribution is 5.90. The van der Waals surface area contributed by atoms with E-state index < -0.39 is 0 Å². The van der Waals surface area contributed by atoms with Gasteiger partial charge >= 0.3 is 0 Å². The Labute approximate surface area is 164 Å². The summed E-state index contributed by atoms with van der Waals surface area (Å²) in [5.41, 5.74) is 1.94. The van der Waals surface area contributed by atoms with Gasteiger partial charge in [0.05, 0.1) is 0 Å². The van der Waals surface area contributed by atoms with E-state index in [4.69, 9.17) is 0 Å². The van der Waals surface area contributed by atoms with Crippen molar-refractivity contribution in [2.45, 2.75) is 45.6 Å². The van der Waals surface area contributed by atoms with Crippen molar-refractivity contribution in [2.24, 2.45) is 5.92 Å². The molecule has 2 heterocycles. The Hall–Kier alpha value is -2.95. The maximum absolute atomic E-state index is 12.8. The molecule has 1 fully saturated rings. The summed E-state index contributed by atoms with van der Waals surface area (Å²) >= 11 is 0. The first kappa shape index (κ1) is 18.4. The third-order valence-electron chi connectivity index (χ3n) is 5.25. The molecule has 5 heteroatoms. The van der Waals surface area contributed by atoms with E-state index >= 15 is 0 Å². The zero-order valence-corrected chi connectivity index (χ0v) is 16.1. The molecule has 5 nitrogen and oxygen atoms in total. The van der Waals surface area contributed by atoms with Gasteiger partial charge in [-0.3, -0.25) is 9.59 Å². The third-order valence-corrected chi connectivity index (χ3v) is 5.25. The van der Waals surface area contributed by atoms with Crippen LogP contribution >= 0.6 is 0 Å². The van der Waals surface area contributed by atoms with Crippen LogP contribution in [0.5, 0.6) is 0 Å². The van der Waals surface area contributed by atoms with Gasteiger partial charge in [0.1, 0.15) is 5.82 Å². The van der Waals surface area contributed by atoms with Crippen molar-refractivity contribution in [3.05, 3.63) is 59.1 Å². The Morgan fingerprint density at radius 1 is 1.18 bits per heavy atom. The van der Waals surface area contributed by atoms with E-state index in [0.29, 0.717) is 18.2 Å². The number of nitrogens with one attached hydrogen (secondary N) is 1. The minimum Gasteiger partial charge on any atom is -0.315 e. The van der Waals surface area contributed by atoms with Gasteiger partial charge in [-0.1, -0.05) is 25.5 Å². The van der Waals surface area contributed by atoms with E-state index in [9.17, 15) is 9.59 Å². The number of carbonyl (C=O) groups excluding carboxylic acids is 1. The Morgan fingerprint density at radius 2 is 2.00 bits per heavy atom. The van der Waals surface area contributed by atoms with Crippen molar-refractivity contribution in [1.29, 1.82) is 0 Å². The summed E-state index contributed by atoms with van der Waals surface area (Å²) in [5.74, 6) is 1.20. The number of hydrogen-bond acceptors (Lipinski definition) is 3. The average Bonchev–Trinajstić information content (AvgIpc) is 3.53. The summed E-state index contributed by atoms with van der Waals surface area (Å²) in [4.78, 5) is 29.0. The van der Waals surface area contributed by atoms with Gasteiger partial charge in [0.15, 0.2) is 0 Å². The number of rotatable bonds is 7. The lowest BCUT2D eigenvalue weighted by Gasteiger charge is -2.09. The number of nitrogens with zero attached hydrogens (tertiary/aromatic N) is 2. The fraction of sp³-hybridized carbons (Fsp3) is 0.348. The summed E-state index contributed by atoms with van der Waals surface area (Å²) in [7, 11) is 0. The number of benzene rings is 1. The van der Waals surface area contributed by atoms with Gasteiger partial charge in [0.25, 0.3) is 5.56 Å². The van der Waals surface area contributed by atoms with Crippen LogP contribution in [0.4, 0.5) is 5.82 Å². The first-order valence-electron chi connectivity index (χ1n) is 10.0. The Morgan fingerprint density at radius 3 is 2.71 bits per heavy atom. The smallest absolute Gasteiger partial charge is 0.258 e. The fourth-order valence-electron chi connectivity index (χ4n) is 3.36. The molecule has 0 atom stereocenters. The third kappa shape index (κ3) is 4.14. The molecule has 1 aliphatic rings. The molecule has 144 valence electrons. The van der Waals surface area contributed by atoms with E-state index in [0.717, 1.165) is 41.3 Å². The van der Waals surface area contributed by atoms with Gasteiger partial charge in [-0.2, -0.15) is 0 Å². The predicted molar refractivity (Wildman–Crippen MR) is 112 cm³/mol. The minimum absolute atomic E-state index is 0.0102. The Balaban J connectivity index is 1.57. The average molecular weight is 375 g/mol. The molecule has 2 aromatic heterocycles. The molecule has 1 N–H and O–H groups in total. The summed E-state index contributed by atoms with van der Waals surface area (Å²) in [6, 6.07) is 11.7. The predicted octanol–water partition coefficient (Wildman–Crippen LogP) is 4.60. The Kier molecular flexibility index (Phi) is 5.24. The normalized spacial score (nSPS) is 13.6. The summed E-state index contributed by atoms with van der Waals surface area (Å²) in [6.45, 7) is 2.87. The molecule has 1 amide bonds. The number of unbranched alkanes of at least 4 members (excludes halogenated alkanes) is 1. The van der Waals surface area contributed by atoms with Crippen molar-refractivity contribution < 1.29 is 4.79 Å². The van der Waals surface area contributed by atoms with Gasteiger partial charge in [-0.15, -0.1) is 0 Å². The van der Waals surface area contributed by atoms with Crippen LogP contribution in [0.15, 0.2) is 53.6 Å². The lowest BCUT2D eigenvalue weighted by atomic mass is 10.0. The number of carbonyl (C=O) groups is 1. The summed E-state index contributed by atoms with van der Waals surface area (Å²) in [5, 5.41) is 4.51. The van der Waals surface area contributed by atoms with Crippen molar-refractivity contribution in [3.63, 3.8) is 0 Å². The first-order valence-corrected chi connectivity index (χ1v) is 10.0. The molecule has 4 rings (SSSR count). The van der Waals surface area contributed by atoms with Crippen LogP contribution in [0.25, 0.3) is 21.9 Å². The number of pyridine rings is 2. The SMILES string of the molecule is CCCCC(=O)Nc1ccc(-c2ccc3ccn(CC4CC4)c(=O)c3c2)cn1. The van der Waals surface area contributed by atoms with Crippen molar-refractivity contribution in [3.8, 4) is 11.1 Å². The summed E-state index contributed by atoms with van der Waals surface area (Å²) < 4.78 is 1.83. The lowest BCUT2D eigenvalue weighted by Crippen LogP contribution is -2.20. The van der Waals surface area contributed by atoms with Crippen LogP contribution in [0.3, 0.4) is 0 Å². The molecule has 0 bridgehead atoms. The van der Waals surface area contributed by atoms with Crippen LogP contribution in [0, 0.1) is 5.92 Å². The van der Waals surface area contributed by atoms with Gasteiger partial charge in [0, 0.05) is 36.3 Å². The van der Waals surface area contributed by atoms with E-state index in [2.05, 4.69) is 17.2 Å². The van der Waals surface area contributed by atoms with E-state index in [1.807, 2.05) is 41.1 Å². The van der Waals surface area contributed by atoms with Gasteiger partial charge < -0.3 is 9.88 Å². The maximum Gasteiger partial charge on any atom is 0.258 e. The highest BCUT2D eigenvalue weighted by atomic mass is 16.1. The fourth-order valence-corrected chi connectivity index (χ4v) is 3.36. The maximum atomic E-state index is 12.8. The second-order valence-corrected chi connectivity index (χ2v) is 7.60. The van der Waals surface area contributed by atoms with Crippen molar-refractivity contribution >= 4 is 22.5 Å². The van der Waals surface area contributed by atoms with Gasteiger partial charge in [-0.25, -0.2) is 4.98 Å². The van der Waals surface area contributed by atoms with Crippen LogP contribution in [-0.4, -0.2) is 15.5 Å². The topological polar surface area (TPSA) is 64.0 Å². The molecular weight excluding hydrogens is 350 g/mol. The number of amides is 1. The zero-order valence-electron chi connectivity index (χ0n) is 16.1. The monoisotopic (exact) mass is 375 g/mol. The quantitative estimate of drug-likeness (QED) is 0.656. The highest BCUT2D eigenvalue weighted by Crippen LogP contribution is 2.30. The molecule has 3 aromatic rings. The van der Waals surface area contributed by atoms with Gasteiger partial charge in [-0.05, 0) is 60.4 Å². The molecule has 0 unspecified atom stereocenters. The van der Waals surface area contributed by atoms with Crippen LogP contribution in [0.1, 0.15) is 39.0 Å². The lowest BCUT2D eigenvalue weighted by molar-refractivity contribution is -0.116. The molecule has 1 aliphatic carbocycles. The first-order chi connectivity index (χ1) is 13.6. The van der Waals surface area contributed by atoms with Crippen molar-refractivity contribution in [1.82, 2.24) is 9.55 Å². The molecule has 1 aromatic carbocycles. The molecule has 1 saturated carbocycles. The van der Waals surface area contributed by atoms with Crippen molar-refractivity contribution in [2.75, 3.05) is 5.32 Å². The van der Waals surface area contributed by atoms with Crippen LogP contribution in [0.2, 0.25) is 0 Å². The highest BCUT2D eigenvalue weighted by Gasteiger charge is 2.22. The van der Waals surface area contributed by atoms with E-state index in [1.165, 1.54) is 12.8 Å². The molecule has 0 spiro atoms. The second kappa shape index (κ2) is 7.97. The van der Waals surface area contributed by atoms with Crippen LogP contribution in [-0.2, 0) is 11.3 Å². The van der Waals surface area contributed by atoms with E-state index in [1.54, 1.807) is 12.3 Å². The number of hydrogen-bond donors (Lipinski definition) is 1. The molecule has 28 heavy (non-hydrogen) atoms. The zero-order chi connectivity index (χ0) is 19.5. The second-order valence-electron chi connectivity index (χ2n) is 7.60. The molecule has 0 radical (unpaired) electrons. The molecule has 0 saturated heterocycles. The van der Waals surface area contributed by atoms with E-state index in [-0.39, 0.29) is 11.5 Å². The van der Waals surface area contributed by atoms with Crippen LogP contribution < -0.4 is 10.9 Å². The minimum atomic E-state index is -0.0102. The largest absolute Gasteiger partial charge is 0.315 e. The summed E-state index contributed by atoms with van der Waals surface area (Å²) in [6.07, 6.45) is 8.46. The molecule has 0 aliphatic heterocycles.